The Hall–Kier alpha value is -0.610. The van der Waals surface area contributed by atoms with E-state index in [-0.39, 0.29) is 12.0 Å². The van der Waals surface area contributed by atoms with E-state index in [1.807, 2.05) is 11.8 Å². The molecule has 0 aliphatic carbocycles. The summed E-state index contributed by atoms with van der Waals surface area (Å²) in [6.45, 7) is 4.60. The lowest BCUT2D eigenvalue weighted by Crippen LogP contribution is -2.43. The second-order valence-electron chi connectivity index (χ2n) is 3.61. The number of hydrogen-bond donors (Lipinski definition) is 1. The van der Waals surface area contributed by atoms with E-state index in [9.17, 15) is 4.79 Å². The normalized spacial score (nSPS) is 19.9. The molecule has 1 rings (SSSR count). The van der Waals surface area contributed by atoms with E-state index >= 15 is 0 Å². The summed E-state index contributed by atoms with van der Waals surface area (Å²) in [5.41, 5.74) is 5.56. The highest BCUT2D eigenvalue weighted by Crippen LogP contribution is 2.11. The molecule has 0 saturated carbocycles. The topological polar surface area (TPSA) is 55.6 Å². The largest absolute Gasteiger partial charge is 0.375 e. The van der Waals surface area contributed by atoms with E-state index in [4.69, 9.17) is 10.5 Å². The SMILES string of the molecule is CCOC(CN)CN1CCCCC1=O. The maximum Gasteiger partial charge on any atom is 0.222 e. The number of carbonyl (C=O) groups excluding carboxylic acids is 1. The van der Waals surface area contributed by atoms with Crippen LogP contribution in [0.3, 0.4) is 0 Å². The van der Waals surface area contributed by atoms with Gasteiger partial charge >= 0.3 is 0 Å². The molecule has 0 aromatic heterocycles. The highest BCUT2D eigenvalue weighted by molar-refractivity contribution is 5.76. The summed E-state index contributed by atoms with van der Waals surface area (Å²) in [4.78, 5) is 13.4. The van der Waals surface area contributed by atoms with Gasteiger partial charge in [-0.15, -0.1) is 0 Å². The van der Waals surface area contributed by atoms with Gasteiger partial charge < -0.3 is 15.4 Å². The zero-order chi connectivity index (χ0) is 10.4. The summed E-state index contributed by atoms with van der Waals surface area (Å²) < 4.78 is 5.42. The number of nitrogens with zero attached hydrogens (tertiary/aromatic N) is 1. The average Bonchev–Trinajstić information content (AvgIpc) is 2.20. The van der Waals surface area contributed by atoms with Gasteiger partial charge in [0, 0.05) is 32.7 Å². The number of likely N-dealkylation sites (tertiary alicyclic amines) is 1. The van der Waals surface area contributed by atoms with Crippen LogP contribution in [0.4, 0.5) is 0 Å². The average molecular weight is 200 g/mol. The highest BCUT2D eigenvalue weighted by Gasteiger charge is 2.20. The van der Waals surface area contributed by atoms with Crippen molar-refractivity contribution in [1.82, 2.24) is 4.90 Å². The summed E-state index contributed by atoms with van der Waals surface area (Å²) in [5, 5.41) is 0. The first-order chi connectivity index (χ1) is 6.77. The molecule has 1 amide bonds. The molecule has 1 atom stereocenters. The van der Waals surface area contributed by atoms with Crippen molar-refractivity contribution in [2.24, 2.45) is 5.73 Å². The summed E-state index contributed by atoms with van der Waals surface area (Å²) in [6.07, 6.45) is 2.82. The number of amides is 1. The van der Waals surface area contributed by atoms with Gasteiger partial charge in [-0.05, 0) is 19.8 Å². The van der Waals surface area contributed by atoms with Gasteiger partial charge in [-0.3, -0.25) is 4.79 Å². The van der Waals surface area contributed by atoms with E-state index in [1.54, 1.807) is 0 Å². The minimum absolute atomic E-state index is 0.00190. The summed E-state index contributed by atoms with van der Waals surface area (Å²) in [6, 6.07) is 0. The molecule has 14 heavy (non-hydrogen) atoms. The van der Waals surface area contributed by atoms with Crippen LogP contribution in [0.5, 0.6) is 0 Å². The lowest BCUT2D eigenvalue weighted by atomic mass is 10.1. The van der Waals surface area contributed by atoms with Crippen LogP contribution >= 0.6 is 0 Å². The molecule has 0 aromatic carbocycles. The van der Waals surface area contributed by atoms with Crippen molar-refractivity contribution in [1.29, 1.82) is 0 Å². The van der Waals surface area contributed by atoms with Crippen LogP contribution in [0.15, 0.2) is 0 Å². The van der Waals surface area contributed by atoms with Crippen molar-refractivity contribution in [3.05, 3.63) is 0 Å². The van der Waals surface area contributed by atoms with Crippen molar-refractivity contribution in [3.8, 4) is 0 Å². The minimum Gasteiger partial charge on any atom is -0.375 e. The predicted octanol–water partition coefficient (Wildman–Crippen LogP) is 0.363. The zero-order valence-electron chi connectivity index (χ0n) is 8.87. The fourth-order valence-electron chi connectivity index (χ4n) is 1.73. The van der Waals surface area contributed by atoms with Gasteiger partial charge in [0.1, 0.15) is 0 Å². The molecule has 1 saturated heterocycles. The molecule has 0 bridgehead atoms. The van der Waals surface area contributed by atoms with Crippen LogP contribution in [-0.2, 0) is 9.53 Å². The molecule has 1 heterocycles. The van der Waals surface area contributed by atoms with Gasteiger partial charge in [-0.1, -0.05) is 0 Å². The lowest BCUT2D eigenvalue weighted by Gasteiger charge is -2.29. The Kier molecular flexibility index (Phi) is 4.90. The van der Waals surface area contributed by atoms with Crippen molar-refractivity contribution < 1.29 is 9.53 Å². The van der Waals surface area contributed by atoms with Crippen LogP contribution in [-0.4, -0.2) is 43.2 Å². The smallest absolute Gasteiger partial charge is 0.222 e. The summed E-state index contributed by atoms with van der Waals surface area (Å²) in [5.74, 6) is 0.245. The Bertz CT molecular complexity index is 185. The Labute approximate surface area is 85.4 Å². The van der Waals surface area contributed by atoms with Gasteiger partial charge in [0.25, 0.3) is 0 Å². The number of piperidine rings is 1. The zero-order valence-corrected chi connectivity index (χ0v) is 8.87. The van der Waals surface area contributed by atoms with Crippen LogP contribution < -0.4 is 5.73 Å². The van der Waals surface area contributed by atoms with E-state index in [0.29, 0.717) is 26.1 Å². The Morgan fingerprint density at radius 3 is 2.93 bits per heavy atom. The molecule has 1 unspecified atom stereocenters. The number of rotatable bonds is 5. The number of ether oxygens (including phenoxy) is 1. The molecular formula is C10H20N2O2. The Morgan fingerprint density at radius 1 is 1.57 bits per heavy atom. The van der Waals surface area contributed by atoms with Crippen LogP contribution in [0, 0.1) is 0 Å². The number of carbonyl (C=O) groups is 1. The lowest BCUT2D eigenvalue weighted by molar-refractivity contribution is -0.135. The molecular weight excluding hydrogens is 180 g/mol. The molecule has 82 valence electrons. The van der Waals surface area contributed by atoms with Crippen molar-refractivity contribution >= 4 is 5.91 Å². The maximum absolute atomic E-state index is 11.5. The molecule has 0 radical (unpaired) electrons. The molecule has 1 aliphatic rings. The summed E-state index contributed by atoms with van der Waals surface area (Å²) >= 11 is 0. The molecule has 0 aromatic rings. The third-order valence-corrected chi connectivity index (χ3v) is 2.51. The predicted molar refractivity (Wildman–Crippen MR) is 54.9 cm³/mol. The second-order valence-corrected chi connectivity index (χ2v) is 3.61. The quantitative estimate of drug-likeness (QED) is 0.697. The van der Waals surface area contributed by atoms with Gasteiger partial charge in [0.15, 0.2) is 0 Å². The summed E-state index contributed by atoms with van der Waals surface area (Å²) in [7, 11) is 0. The minimum atomic E-state index is 0.00190. The maximum atomic E-state index is 11.5. The third-order valence-electron chi connectivity index (χ3n) is 2.51. The molecule has 2 N–H and O–H groups in total. The van der Waals surface area contributed by atoms with Gasteiger partial charge in [-0.2, -0.15) is 0 Å². The first-order valence-electron chi connectivity index (χ1n) is 5.37. The number of nitrogens with two attached hydrogens (primary N) is 1. The molecule has 1 fully saturated rings. The first kappa shape index (κ1) is 11.5. The van der Waals surface area contributed by atoms with Gasteiger partial charge in [0.2, 0.25) is 5.91 Å². The molecule has 1 aliphatic heterocycles. The third kappa shape index (κ3) is 3.27. The van der Waals surface area contributed by atoms with E-state index < -0.39 is 0 Å². The molecule has 0 spiro atoms. The monoisotopic (exact) mass is 200 g/mol. The second kappa shape index (κ2) is 5.98. The van der Waals surface area contributed by atoms with Crippen molar-refractivity contribution in [2.75, 3.05) is 26.2 Å². The van der Waals surface area contributed by atoms with E-state index in [0.717, 1.165) is 19.4 Å². The standard InChI is InChI=1S/C10H20N2O2/c1-2-14-9(7-11)8-12-6-4-3-5-10(12)13/h9H,2-8,11H2,1H3. The fourth-order valence-corrected chi connectivity index (χ4v) is 1.73. The van der Waals surface area contributed by atoms with E-state index in [1.165, 1.54) is 0 Å². The van der Waals surface area contributed by atoms with E-state index in [2.05, 4.69) is 0 Å². The fraction of sp³-hybridized carbons (Fsp3) is 0.900. The number of hydrogen-bond acceptors (Lipinski definition) is 3. The van der Waals surface area contributed by atoms with Crippen LogP contribution in [0.25, 0.3) is 0 Å². The van der Waals surface area contributed by atoms with Gasteiger partial charge in [-0.25, -0.2) is 0 Å². The molecule has 4 nitrogen and oxygen atoms in total. The van der Waals surface area contributed by atoms with Gasteiger partial charge in [0.05, 0.1) is 6.10 Å². The van der Waals surface area contributed by atoms with Crippen molar-refractivity contribution in [3.63, 3.8) is 0 Å². The van der Waals surface area contributed by atoms with Crippen LogP contribution in [0.1, 0.15) is 26.2 Å². The van der Waals surface area contributed by atoms with Crippen LogP contribution in [0.2, 0.25) is 0 Å². The Balaban J connectivity index is 2.35. The molecule has 4 heteroatoms. The highest BCUT2D eigenvalue weighted by atomic mass is 16.5. The van der Waals surface area contributed by atoms with Crippen molar-refractivity contribution in [2.45, 2.75) is 32.3 Å². The first-order valence-corrected chi connectivity index (χ1v) is 5.37. The Morgan fingerprint density at radius 2 is 2.36 bits per heavy atom.